The first kappa shape index (κ1) is 13.7. The first-order valence-electron chi connectivity index (χ1n) is 5.79. The lowest BCUT2D eigenvalue weighted by Crippen LogP contribution is -2.08. The highest BCUT2D eigenvalue weighted by Gasteiger charge is 2.15. The highest BCUT2D eigenvalue weighted by atomic mass is 79.9. The molecule has 1 aromatic carbocycles. The molecule has 2 aromatic rings. The third-order valence-corrected chi connectivity index (χ3v) is 3.65. The quantitative estimate of drug-likeness (QED) is 0.882. The van der Waals surface area contributed by atoms with Crippen molar-refractivity contribution in [3.05, 3.63) is 44.9 Å². The first-order chi connectivity index (χ1) is 8.97. The Bertz CT molecular complexity index is 622. The molecule has 0 bridgehead atoms. The van der Waals surface area contributed by atoms with Crippen molar-refractivity contribution in [2.75, 3.05) is 0 Å². The van der Waals surface area contributed by atoms with Crippen LogP contribution in [0.2, 0.25) is 0 Å². The lowest BCUT2D eigenvalue weighted by atomic mass is 10.1. The number of H-pyrrole nitrogens is 1. The van der Waals surface area contributed by atoms with Crippen molar-refractivity contribution in [3.8, 4) is 0 Å². The van der Waals surface area contributed by atoms with Gasteiger partial charge in [-0.1, -0.05) is 6.07 Å². The van der Waals surface area contributed by atoms with Crippen LogP contribution in [0, 0.1) is 20.8 Å². The Hall–Kier alpha value is -1.69. The van der Waals surface area contributed by atoms with Gasteiger partial charge in [0.2, 0.25) is 0 Å². The number of halogens is 1. The Morgan fingerprint density at radius 2 is 2.11 bits per heavy atom. The fraction of sp³-hybridized carbons (Fsp3) is 0.308. The summed E-state index contributed by atoms with van der Waals surface area (Å²) in [6, 6.07) is 3.79. The van der Waals surface area contributed by atoms with E-state index in [1.807, 2.05) is 19.9 Å². The number of carbonyl (C=O) groups is 1. The molecule has 0 saturated heterocycles. The van der Waals surface area contributed by atoms with Crippen LogP contribution in [0.1, 0.15) is 33.1 Å². The van der Waals surface area contributed by atoms with Crippen molar-refractivity contribution in [2.24, 2.45) is 0 Å². The van der Waals surface area contributed by atoms with Gasteiger partial charge in [0.1, 0.15) is 5.82 Å². The summed E-state index contributed by atoms with van der Waals surface area (Å²) in [5, 5.41) is 6.61. The molecular formula is C13H14BrN3O2. The van der Waals surface area contributed by atoms with Crippen LogP contribution in [0.25, 0.3) is 0 Å². The maximum absolute atomic E-state index is 12.0. The molecular weight excluding hydrogens is 310 g/mol. The zero-order valence-electron chi connectivity index (χ0n) is 11.0. The number of aromatic nitrogens is 3. The van der Waals surface area contributed by atoms with Crippen molar-refractivity contribution >= 4 is 21.9 Å². The SMILES string of the molecule is Cc1cc(C)c(Br)c(C(=O)OCc2n[nH]c(C)n2)c1. The number of ether oxygens (including phenoxy) is 1. The van der Waals surface area contributed by atoms with Crippen LogP contribution >= 0.6 is 15.9 Å². The predicted octanol–water partition coefficient (Wildman–Crippen LogP) is 2.85. The van der Waals surface area contributed by atoms with Gasteiger partial charge in [-0.2, -0.15) is 5.10 Å². The van der Waals surface area contributed by atoms with Gasteiger partial charge in [0.05, 0.1) is 5.56 Å². The summed E-state index contributed by atoms with van der Waals surface area (Å²) in [6.45, 7) is 5.72. The molecule has 0 radical (unpaired) electrons. The van der Waals surface area contributed by atoms with Gasteiger partial charge in [-0.3, -0.25) is 5.10 Å². The van der Waals surface area contributed by atoms with Crippen molar-refractivity contribution in [1.82, 2.24) is 15.2 Å². The van der Waals surface area contributed by atoms with Gasteiger partial charge in [-0.25, -0.2) is 9.78 Å². The summed E-state index contributed by atoms with van der Waals surface area (Å²) < 4.78 is 5.96. The van der Waals surface area contributed by atoms with E-state index in [4.69, 9.17) is 4.74 Å². The zero-order chi connectivity index (χ0) is 14.0. The normalized spacial score (nSPS) is 10.5. The average molecular weight is 324 g/mol. The summed E-state index contributed by atoms with van der Waals surface area (Å²) in [5.41, 5.74) is 2.53. The van der Waals surface area contributed by atoms with E-state index in [0.29, 0.717) is 17.2 Å². The van der Waals surface area contributed by atoms with E-state index in [0.717, 1.165) is 15.6 Å². The number of benzene rings is 1. The Kier molecular flexibility index (Phi) is 3.99. The minimum Gasteiger partial charge on any atom is -0.454 e. The van der Waals surface area contributed by atoms with Gasteiger partial charge in [0.25, 0.3) is 0 Å². The highest BCUT2D eigenvalue weighted by molar-refractivity contribution is 9.10. The van der Waals surface area contributed by atoms with E-state index in [1.165, 1.54) is 0 Å². The maximum Gasteiger partial charge on any atom is 0.339 e. The topological polar surface area (TPSA) is 67.9 Å². The fourth-order valence-corrected chi connectivity index (χ4v) is 2.15. The molecule has 0 fully saturated rings. The van der Waals surface area contributed by atoms with E-state index in [9.17, 15) is 4.79 Å². The number of hydrogen-bond donors (Lipinski definition) is 1. The first-order valence-corrected chi connectivity index (χ1v) is 6.58. The van der Waals surface area contributed by atoms with E-state index >= 15 is 0 Å². The van der Waals surface area contributed by atoms with Crippen molar-refractivity contribution in [2.45, 2.75) is 27.4 Å². The summed E-state index contributed by atoms with van der Waals surface area (Å²) in [7, 11) is 0. The van der Waals surface area contributed by atoms with Crippen molar-refractivity contribution < 1.29 is 9.53 Å². The Labute approximate surface area is 119 Å². The number of esters is 1. The molecule has 0 aliphatic carbocycles. The third-order valence-electron chi connectivity index (χ3n) is 2.59. The maximum atomic E-state index is 12.0. The second-order valence-corrected chi connectivity index (χ2v) is 5.15. The Morgan fingerprint density at radius 1 is 1.37 bits per heavy atom. The number of nitrogens with zero attached hydrogens (tertiary/aromatic N) is 2. The number of hydrogen-bond acceptors (Lipinski definition) is 4. The number of aryl methyl sites for hydroxylation is 3. The second kappa shape index (κ2) is 5.52. The van der Waals surface area contributed by atoms with E-state index < -0.39 is 0 Å². The lowest BCUT2D eigenvalue weighted by Gasteiger charge is -2.08. The largest absolute Gasteiger partial charge is 0.454 e. The van der Waals surface area contributed by atoms with Gasteiger partial charge in [0, 0.05) is 4.47 Å². The minimum absolute atomic E-state index is 0.0581. The van der Waals surface area contributed by atoms with Gasteiger partial charge >= 0.3 is 5.97 Å². The van der Waals surface area contributed by atoms with Crippen molar-refractivity contribution in [3.63, 3.8) is 0 Å². The molecule has 100 valence electrons. The summed E-state index contributed by atoms with van der Waals surface area (Å²) in [4.78, 5) is 16.1. The Morgan fingerprint density at radius 3 is 2.74 bits per heavy atom. The fourth-order valence-electron chi connectivity index (χ4n) is 1.76. The van der Waals surface area contributed by atoms with Gasteiger partial charge < -0.3 is 4.74 Å². The van der Waals surface area contributed by atoms with Crippen LogP contribution in [-0.4, -0.2) is 21.2 Å². The van der Waals surface area contributed by atoms with Crippen LogP contribution in [0.4, 0.5) is 0 Å². The van der Waals surface area contributed by atoms with E-state index in [-0.39, 0.29) is 12.6 Å². The zero-order valence-corrected chi connectivity index (χ0v) is 12.5. The van der Waals surface area contributed by atoms with Gasteiger partial charge in [-0.05, 0) is 53.9 Å². The number of rotatable bonds is 3. The summed E-state index contributed by atoms with van der Waals surface area (Å²) >= 11 is 3.41. The number of aromatic amines is 1. The van der Waals surface area contributed by atoms with Crippen LogP contribution < -0.4 is 0 Å². The molecule has 0 atom stereocenters. The molecule has 1 heterocycles. The highest BCUT2D eigenvalue weighted by Crippen LogP contribution is 2.24. The number of nitrogens with one attached hydrogen (secondary N) is 1. The van der Waals surface area contributed by atoms with E-state index in [2.05, 4.69) is 31.1 Å². The molecule has 2 rings (SSSR count). The molecule has 1 aromatic heterocycles. The monoisotopic (exact) mass is 323 g/mol. The van der Waals surface area contributed by atoms with Gasteiger partial charge in [0.15, 0.2) is 12.4 Å². The average Bonchev–Trinajstić information content (AvgIpc) is 2.76. The molecule has 0 amide bonds. The molecule has 1 N–H and O–H groups in total. The molecule has 19 heavy (non-hydrogen) atoms. The van der Waals surface area contributed by atoms with Crippen LogP contribution in [0.3, 0.4) is 0 Å². The molecule has 0 unspecified atom stereocenters. The summed E-state index contributed by atoms with van der Waals surface area (Å²) in [5.74, 6) is 0.770. The van der Waals surface area contributed by atoms with Crippen LogP contribution in [0.15, 0.2) is 16.6 Å². The molecule has 0 aliphatic heterocycles. The standard InChI is InChI=1S/C13H14BrN3O2/c1-7-4-8(2)12(14)10(5-7)13(18)19-6-11-15-9(3)16-17-11/h4-5H,6H2,1-3H3,(H,15,16,17). The molecule has 5 nitrogen and oxygen atoms in total. The van der Waals surface area contributed by atoms with Crippen molar-refractivity contribution in [1.29, 1.82) is 0 Å². The Balaban J connectivity index is 2.12. The van der Waals surface area contributed by atoms with Crippen LogP contribution in [0.5, 0.6) is 0 Å². The smallest absolute Gasteiger partial charge is 0.339 e. The second-order valence-electron chi connectivity index (χ2n) is 4.36. The number of carbonyl (C=O) groups excluding carboxylic acids is 1. The lowest BCUT2D eigenvalue weighted by molar-refractivity contribution is 0.0461. The summed E-state index contributed by atoms with van der Waals surface area (Å²) in [6.07, 6.45) is 0. The van der Waals surface area contributed by atoms with E-state index in [1.54, 1.807) is 13.0 Å². The minimum atomic E-state index is -0.388. The molecule has 0 aliphatic rings. The molecule has 0 saturated carbocycles. The van der Waals surface area contributed by atoms with Crippen LogP contribution in [-0.2, 0) is 11.3 Å². The third kappa shape index (κ3) is 3.20. The van der Waals surface area contributed by atoms with Gasteiger partial charge in [-0.15, -0.1) is 0 Å². The molecule has 6 heteroatoms. The molecule has 0 spiro atoms. The predicted molar refractivity (Wildman–Crippen MR) is 73.9 cm³/mol.